The maximum absolute atomic E-state index is 12.8. The van der Waals surface area contributed by atoms with E-state index in [1.54, 1.807) is 12.1 Å². The second-order valence-electron chi connectivity index (χ2n) is 7.47. The van der Waals surface area contributed by atoms with Crippen molar-refractivity contribution in [1.29, 1.82) is 0 Å². The minimum atomic E-state index is -0.212. The van der Waals surface area contributed by atoms with Crippen LogP contribution in [-0.2, 0) is 0 Å². The lowest BCUT2D eigenvalue weighted by molar-refractivity contribution is 0.102. The average Bonchev–Trinajstić information content (AvgIpc) is 3.15. The van der Waals surface area contributed by atoms with Crippen molar-refractivity contribution < 1.29 is 4.79 Å². The summed E-state index contributed by atoms with van der Waals surface area (Å²) in [6.45, 7) is 3.92. The van der Waals surface area contributed by atoms with Gasteiger partial charge in [-0.2, -0.15) is 0 Å². The lowest BCUT2D eigenvalue weighted by atomic mass is 10.0. The molecule has 0 aliphatic carbocycles. The zero-order valence-electron chi connectivity index (χ0n) is 17.7. The van der Waals surface area contributed by atoms with Crippen molar-refractivity contribution >= 4 is 33.4 Å². The minimum Gasteiger partial charge on any atom is -0.298 e. The summed E-state index contributed by atoms with van der Waals surface area (Å²) in [5.74, 6) is -0.212. The Balaban J connectivity index is 1.59. The molecule has 0 aliphatic rings. The van der Waals surface area contributed by atoms with Gasteiger partial charge in [0.25, 0.3) is 5.91 Å². The molecule has 6 heteroatoms. The summed E-state index contributed by atoms with van der Waals surface area (Å²) in [6, 6.07) is 25.4. The molecule has 0 spiro atoms. The summed E-state index contributed by atoms with van der Waals surface area (Å²) >= 11 is 1.47. The maximum atomic E-state index is 12.8. The zero-order valence-corrected chi connectivity index (χ0v) is 18.5. The molecule has 0 radical (unpaired) electrons. The first-order chi connectivity index (χ1) is 15.6. The van der Waals surface area contributed by atoms with Gasteiger partial charge in [-0.25, -0.2) is 15.0 Å². The molecule has 32 heavy (non-hydrogen) atoms. The number of carbonyl (C=O) groups excluding carboxylic acids is 1. The van der Waals surface area contributed by atoms with Crippen molar-refractivity contribution in [3.63, 3.8) is 0 Å². The van der Waals surface area contributed by atoms with Gasteiger partial charge in [0.05, 0.1) is 28.1 Å². The summed E-state index contributed by atoms with van der Waals surface area (Å²) in [5.41, 5.74) is 6.42. The lowest BCUT2D eigenvalue weighted by Crippen LogP contribution is -2.11. The van der Waals surface area contributed by atoms with Gasteiger partial charge in [0.15, 0.2) is 5.13 Å². The molecular weight excluding hydrogens is 416 g/mol. The van der Waals surface area contributed by atoms with E-state index in [0.29, 0.717) is 16.2 Å². The van der Waals surface area contributed by atoms with Crippen LogP contribution in [0.4, 0.5) is 5.13 Å². The monoisotopic (exact) mass is 436 g/mol. The van der Waals surface area contributed by atoms with Gasteiger partial charge in [-0.15, -0.1) is 11.3 Å². The van der Waals surface area contributed by atoms with E-state index in [1.807, 2.05) is 80.6 Å². The van der Waals surface area contributed by atoms with Crippen LogP contribution in [0.3, 0.4) is 0 Å². The largest absolute Gasteiger partial charge is 0.298 e. The van der Waals surface area contributed by atoms with E-state index in [9.17, 15) is 4.79 Å². The fraction of sp³-hybridized carbons (Fsp3) is 0.0769. The number of thiazole rings is 1. The number of nitrogens with one attached hydrogen (secondary N) is 1. The van der Waals surface area contributed by atoms with E-state index in [4.69, 9.17) is 9.97 Å². The highest BCUT2D eigenvalue weighted by Gasteiger charge is 2.15. The molecule has 0 saturated carbocycles. The standard InChI is InChI=1S/C26H20N4OS/c1-16-17(2)32-26(27-16)30-25(31)20-13-14-21-22(15-20)29-24(19-11-7-4-8-12-19)23(28-21)18-9-5-3-6-10-18/h3-15H,1-2H3,(H,27,30,31). The topological polar surface area (TPSA) is 67.8 Å². The molecule has 5 aromatic rings. The van der Waals surface area contributed by atoms with E-state index in [0.717, 1.165) is 38.6 Å². The van der Waals surface area contributed by atoms with E-state index in [2.05, 4.69) is 10.3 Å². The third kappa shape index (κ3) is 3.88. The highest BCUT2D eigenvalue weighted by Crippen LogP contribution is 2.31. The van der Waals surface area contributed by atoms with E-state index >= 15 is 0 Å². The Morgan fingerprint density at radius 1 is 0.750 bits per heavy atom. The molecule has 1 N–H and O–H groups in total. The predicted octanol–water partition coefficient (Wildman–Crippen LogP) is 6.29. The lowest BCUT2D eigenvalue weighted by Gasteiger charge is -2.11. The van der Waals surface area contributed by atoms with Gasteiger partial charge in [0, 0.05) is 21.6 Å². The highest BCUT2D eigenvalue weighted by molar-refractivity contribution is 7.15. The number of hydrogen-bond donors (Lipinski definition) is 1. The Kier molecular flexibility index (Phi) is 5.21. The summed E-state index contributed by atoms with van der Waals surface area (Å²) in [4.78, 5) is 28.2. The number of hydrogen-bond acceptors (Lipinski definition) is 5. The van der Waals surface area contributed by atoms with Crippen LogP contribution in [0.5, 0.6) is 0 Å². The number of aromatic nitrogens is 3. The van der Waals surface area contributed by atoms with E-state index in [1.165, 1.54) is 11.3 Å². The Morgan fingerprint density at radius 3 is 1.91 bits per heavy atom. The van der Waals surface area contributed by atoms with Gasteiger partial charge in [-0.05, 0) is 32.0 Å². The van der Waals surface area contributed by atoms with Gasteiger partial charge in [-0.1, -0.05) is 60.7 Å². The fourth-order valence-corrected chi connectivity index (χ4v) is 4.30. The van der Waals surface area contributed by atoms with Crippen LogP contribution in [-0.4, -0.2) is 20.9 Å². The molecular formula is C26H20N4OS. The summed E-state index contributed by atoms with van der Waals surface area (Å²) in [6.07, 6.45) is 0. The highest BCUT2D eigenvalue weighted by atomic mass is 32.1. The van der Waals surface area contributed by atoms with Gasteiger partial charge >= 0.3 is 0 Å². The molecule has 0 aliphatic heterocycles. The van der Waals surface area contributed by atoms with Crippen LogP contribution in [0.15, 0.2) is 78.9 Å². The third-order valence-corrected chi connectivity index (χ3v) is 6.26. The quantitative estimate of drug-likeness (QED) is 0.359. The van der Waals surface area contributed by atoms with Crippen LogP contribution in [0.2, 0.25) is 0 Å². The molecule has 0 saturated heterocycles. The first-order valence-corrected chi connectivity index (χ1v) is 11.1. The number of aryl methyl sites for hydroxylation is 2. The van der Waals surface area contributed by atoms with Crippen LogP contribution >= 0.6 is 11.3 Å². The molecule has 1 amide bonds. The Bertz CT molecular complexity index is 1410. The SMILES string of the molecule is Cc1nc(NC(=O)c2ccc3nc(-c4ccccc4)c(-c4ccccc4)nc3c2)sc1C. The molecule has 0 unspecified atom stereocenters. The summed E-state index contributed by atoms with van der Waals surface area (Å²) < 4.78 is 0. The Morgan fingerprint density at radius 2 is 1.34 bits per heavy atom. The van der Waals surface area contributed by atoms with Crippen molar-refractivity contribution in [3.05, 3.63) is 95.0 Å². The van der Waals surface area contributed by atoms with Crippen molar-refractivity contribution in [3.8, 4) is 22.5 Å². The van der Waals surface area contributed by atoms with Gasteiger partial charge in [0.1, 0.15) is 0 Å². The molecule has 156 valence electrons. The molecule has 2 heterocycles. The number of benzene rings is 3. The number of nitrogens with zero attached hydrogens (tertiary/aromatic N) is 3. The minimum absolute atomic E-state index is 0.212. The van der Waals surface area contributed by atoms with Gasteiger partial charge in [0.2, 0.25) is 0 Å². The van der Waals surface area contributed by atoms with Crippen LogP contribution in [0, 0.1) is 13.8 Å². The summed E-state index contributed by atoms with van der Waals surface area (Å²) in [7, 11) is 0. The second kappa shape index (κ2) is 8.32. The van der Waals surface area contributed by atoms with E-state index < -0.39 is 0 Å². The number of carbonyl (C=O) groups is 1. The number of rotatable bonds is 4. The average molecular weight is 437 g/mol. The van der Waals surface area contributed by atoms with Crippen LogP contribution in [0.25, 0.3) is 33.5 Å². The van der Waals surface area contributed by atoms with E-state index in [-0.39, 0.29) is 5.91 Å². The molecule has 2 aromatic heterocycles. The van der Waals surface area contributed by atoms with Crippen molar-refractivity contribution in [1.82, 2.24) is 15.0 Å². The van der Waals surface area contributed by atoms with Crippen LogP contribution in [0.1, 0.15) is 20.9 Å². The maximum Gasteiger partial charge on any atom is 0.257 e. The number of amides is 1. The second-order valence-corrected chi connectivity index (χ2v) is 8.67. The van der Waals surface area contributed by atoms with Gasteiger partial charge < -0.3 is 0 Å². The summed E-state index contributed by atoms with van der Waals surface area (Å²) in [5, 5.41) is 3.49. The number of fused-ring (bicyclic) bond motifs is 1. The first kappa shape index (κ1) is 20.0. The molecule has 5 rings (SSSR count). The molecule has 3 aromatic carbocycles. The van der Waals surface area contributed by atoms with Crippen LogP contribution < -0.4 is 5.32 Å². The van der Waals surface area contributed by atoms with Gasteiger partial charge in [-0.3, -0.25) is 10.1 Å². The Hall–Kier alpha value is -3.90. The normalized spacial score (nSPS) is 10.9. The Labute approximate surface area is 189 Å². The van der Waals surface area contributed by atoms with Crippen molar-refractivity contribution in [2.75, 3.05) is 5.32 Å². The first-order valence-electron chi connectivity index (χ1n) is 10.3. The third-order valence-electron chi connectivity index (χ3n) is 5.27. The molecule has 0 fully saturated rings. The smallest absolute Gasteiger partial charge is 0.257 e. The molecule has 0 bridgehead atoms. The predicted molar refractivity (Wildman–Crippen MR) is 130 cm³/mol. The van der Waals surface area contributed by atoms with Crippen molar-refractivity contribution in [2.45, 2.75) is 13.8 Å². The number of anilines is 1. The van der Waals surface area contributed by atoms with Crippen molar-refractivity contribution in [2.24, 2.45) is 0 Å². The molecule has 5 nitrogen and oxygen atoms in total. The molecule has 0 atom stereocenters. The fourth-order valence-electron chi connectivity index (χ4n) is 3.49. The zero-order chi connectivity index (χ0) is 22.1.